The lowest BCUT2D eigenvalue weighted by molar-refractivity contribution is -0.141. The predicted molar refractivity (Wildman–Crippen MR) is 56.8 cm³/mol. The van der Waals surface area contributed by atoms with E-state index in [0.717, 1.165) is 0 Å². The highest BCUT2D eigenvalue weighted by atomic mass is 19.1. The maximum Gasteiger partial charge on any atom is 0.309 e. The zero-order valence-corrected chi connectivity index (χ0v) is 9.12. The van der Waals surface area contributed by atoms with E-state index in [0.29, 0.717) is 11.3 Å². The van der Waals surface area contributed by atoms with Crippen LogP contribution in [0.5, 0.6) is 5.75 Å². The van der Waals surface area contributed by atoms with E-state index in [4.69, 9.17) is 4.74 Å². The highest BCUT2D eigenvalue weighted by Crippen LogP contribution is 2.26. The lowest BCUT2D eigenvalue weighted by Gasteiger charge is -2.25. The number of nitrogens with one attached hydrogen (secondary N) is 2. The fraction of sp³-hybridized carbons (Fsp3) is 0.273. The van der Waals surface area contributed by atoms with E-state index < -0.39 is 23.7 Å². The summed E-state index contributed by atoms with van der Waals surface area (Å²) in [5.74, 6) is -1.37. The molecule has 2 N–H and O–H groups in total. The molecular formula is C11H11FN2O3. The van der Waals surface area contributed by atoms with Gasteiger partial charge in [-0.1, -0.05) is 0 Å². The molecule has 17 heavy (non-hydrogen) atoms. The molecule has 0 saturated carbocycles. The summed E-state index contributed by atoms with van der Waals surface area (Å²) in [7, 11) is 1.46. The number of amides is 2. The molecule has 1 unspecified atom stereocenters. The molecule has 1 fully saturated rings. The maximum absolute atomic E-state index is 13.2. The zero-order chi connectivity index (χ0) is 12.4. The van der Waals surface area contributed by atoms with E-state index in [2.05, 4.69) is 10.6 Å². The smallest absolute Gasteiger partial charge is 0.309 e. The molecule has 1 aromatic carbocycles. The number of benzene rings is 1. The highest BCUT2D eigenvalue weighted by molar-refractivity contribution is 6.35. The highest BCUT2D eigenvalue weighted by Gasteiger charge is 2.28. The van der Waals surface area contributed by atoms with Crippen molar-refractivity contribution in [2.45, 2.75) is 6.04 Å². The SMILES string of the molecule is COc1ccc(F)cc1C1CNC(=O)C(=O)N1. The van der Waals surface area contributed by atoms with Gasteiger partial charge in [-0.15, -0.1) is 0 Å². The van der Waals surface area contributed by atoms with Crippen molar-refractivity contribution in [2.75, 3.05) is 13.7 Å². The van der Waals surface area contributed by atoms with Crippen molar-refractivity contribution < 1.29 is 18.7 Å². The Morgan fingerprint density at radius 3 is 2.76 bits per heavy atom. The number of hydrogen-bond acceptors (Lipinski definition) is 3. The van der Waals surface area contributed by atoms with Crippen molar-refractivity contribution in [2.24, 2.45) is 0 Å². The second kappa shape index (κ2) is 4.40. The number of halogens is 1. The molecule has 1 saturated heterocycles. The third kappa shape index (κ3) is 2.20. The van der Waals surface area contributed by atoms with E-state index in [9.17, 15) is 14.0 Å². The van der Waals surface area contributed by atoms with Gasteiger partial charge in [0, 0.05) is 12.1 Å². The van der Waals surface area contributed by atoms with Gasteiger partial charge in [-0.2, -0.15) is 0 Å². The van der Waals surface area contributed by atoms with Crippen molar-refractivity contribution in [1.82, 2.24) is 10.6 Å². The van der Waals surface area contributed by atoms with Crippen LogP contribution in [-0.4, -0.2) is 25.5 Å². The van der Waals surface area contributed by atoms with Crippen LogP contribution in [0.4, 0.5) is 4.39 Å². The first-order valence-electron chi connectivity index (χ1n) is 5.04. The summed E-state index contributed by atoms with van der Waals surface area (Å²) in [6.45, 7) is 0.213. The minimum Gasteiger partial charge on any atom is -0.496 e. The normalized spacial score (nSPS) is 19.5. The molecule has 90 valence electrons. The van der Waals surface area contributed by atoms with Crippen LogP contribution in [0.25, 0.3) is 0 Å². The van der Waals surface area contributed by atoms with Gasteiger partial charge in [0.1, 0.15) is 11.6 Å². The molecule has 6 heteroatoms. The van der Waals surface area contributed by atoms with Crippen LogP contribution in [0.15, 0.2) is 18.2 Å². The second-order valence-corrected chi connectivity index (χ2v) is 3.62. The first-order chi connectivity index (χ1) is 8.11. The maximum atomic E-state index is 13.2. The Morgan fingerprint density at radius 2 is 2.12 bits per heavy atom. The summed E-state index contributed by atoms with van der Waals surface area (Å²) in [6, 6.07) is 3.55. The lowest BCUT2D eigenvalue weighted by atomic mass is 10.0. The topological polar surface area (TPSA) is 67.4 Å². The number of hydrogen-bond donors (Lipinski definition) is 2. The number of methoxy groups -OCH3 is 1. The number of carbonyl (C=O) groups excluding carboxylic acids is 2. The van der Waals surface area contributed by atoms with Crippen LogP contribution >= 0.6 is 0 Å². The minimum absolute atomic E-state index is 0.213. The number of carbonyl (C=O) groups is 2. The van der Waals surface area contributed by atoms with Crippen molar-refractivity contribution >= 4 is 11.8 Å². The Hall–Kier alpha value is -2.11. The Labute approximate surface area is 97.0 Å². The van der Waals surface area contributed by atoms with Crippen LogP contribution in [0.3, 0.4) is 0 Å². The van der Waals surface area contributed by atoms with Gasteiger partial charge in [-0.3, -0.25) is 9.59 Å². The monoisotopic (exact) mass is 238 g/mol. The average Bonchev–Trinajstić information content (AvgIpc) is 2.32. The molecule has 1 heterocycles. The minimum atomic E-state index is -0.729. The van der Waals surface area contributed by atoms with Crippen LogP contribution < -0.4 is 15.4 Å². The van der Waals surface area contributed by atoms with E-state index in [1.807, 2.05) is 0 Å². The standard InChI is InChI=1S/C11H11FN2O3/c1-17-9-3-2-6(12)4-7(9)8-5-13-10(15)11(16)14-8/h2-4,8H,5H2,1H3,(H,13,15)(H,14,16). The van der Waals surface area contributed by atoms with Crippen molar-refractivity contribution in [3.63, 3.8) is 0 Å². The molecule has 0 radical (unpaired) electrons. The molecule has 5 nitrogen and oxygen atoms in total. The molecule has 2 rings (SSSR count). The molecule has 1 aromatic rings. The summed E-state index contributed by atoms with van der Waals surface area (Å²) < 4.78 is 18.2. The van der Waals surface area contributed by atoms with E-state index in [1.54, 1.807) is 0 Å². The zero-order valence-electron chi connectivity index (χ0n) is 9.12. The van der Waals surface area contributed by atoms with Crippen LogP contribution in [-0.2, 0) is 9.59 Å². The average molecular weight is 238 g/mol. The van der Waals surface area contributed by atoms with Crippen molar-refractivity contribution in [1.29, 1.82) is 0 Å². The van der Waals surface area contributed by atoms with E-state index in [1.165, 1.54) is 25.3 Å². The summed E-state index contributed by atoms with van der Waals surface area (Å²) >= 11 is 0. The molecule has 1 aliphatic rings. The lowest BCUT2D eigenvalue weighted by Crippen LogP contribution is -2.51. The van der Waals surface area contributed by atoms with Gasteiger partial charge in [0.15, 0.2) is 0 Å². The quantitative estimate of drug-likeness (QED) is 0.719. The number of ether oxygens (including phenoxy) is 1. The first-order valence-corrected chi connectivity index (χ1v) is 5.04. The molecule has 0 aliphatic carbocycles. The van der Waals surface area contributed by atoms with Gasteiger partial charge >= 0.3 is 11.8 Å². The Bertz CT molecular complexity index is 476. The van der Waals surface area contributed by atoms with Gasteiger partial charge in [-0.05, 0) is 18.2 Å². The fourth-order valence-electron chi connectivity index (χ4n) is 1.72. The second-order valence-electron chi connectivity index (χ2n) is 3.62. The molecule has 1 atom stereocenters. The van der Waals surface area contributed by atoms with Gasteiger partial charge < -0.3 is 15.4 Å². The molecule has 0 aromatic heterocycles. The third-order valence-electron chi connectivity index (χ3n) is 2.55. The van der Waals surface area contributed by atoms with Crippen LogP contribution in [0.1, 0.15) is 11.6 Å². The van der Waals surface area contributed by atoms with Crippen molar-refractivity contribution in [3.05, 3.63) is 29.6 Å². The fourth-order valence-corrected chi connectivity index (χ4v) is 1.72. The molecule has 0 spiro atoms. The molecule has 1 aliphatic heterocycles. The van der Waals surface area contributed by atoms with E-state index in [-0.39, 0.29) is 6.54 Å². The Balaban J connectivity index is 2.30. The molecular weight excluding hydrogens is 227 g/mol. The number of rotatable bonds is 2. The predicted octanol–water partition coefficient (Wildman–Crippen LogP) is 0.121. The van der Waals surface area contributed by atoms with Crippen LogP contribution in [0.2, 0.25) is 0 Å². The Morgan fingerprint density at radius 1 is 1.35 bits per heavy atom. The molecule has 0 bridgehead atoms. The van der Waals surface area contributed by atoms with Crippen molar-refractivity contribution in [3.8, 4) is 5.75 Å². The van der Waals surface area contributed by atoms with Gasteiger partial charge in [0.25, 0.3) is 0 Å². The Kier molecular flexibility index (Phi) is 2.95. The van der Waals surface area contributed by atoms with Gasteiger partial charge in [-0.25, -0.2) is 4.39 Å². The largest absolute Gasteiger partial charge is 0.496 e. The summed E-state index contributed by atoms with van der Waals surface area (Å²) in [4.78, 5) is 22.2. The van der Waals surface area contributed by atoms with Gasteiger partial charge in [0.2, 0.25) is 0 Å². The van der Waals surface area contributed by atoms with E-state index >= 15 is 0 Å². The molecule has 2 amide bonds. The third-order valence-corrected chi connectivity index (χ3v) is 2.55. The summed E-state index contributed by atoms with van der Waals surface area (Å²) in [6.07, 6.45) is 0. The first kappa shape index (κ1) is 11.4. The number of piperazine rings is 1. The summed E-state index contributed by atoms with van der Waals surface area (Å²) in [5.41, 5.74) is 0.501. The van der Waals surface area contributed by atoms with Crippen LogP contribution in [0, 0.1) is 5.82 Å². The summed E-state index contributed by atoms with van der Waals surface area (Å²) in [5, 5.41) is 4.91. The van der Waals surface area contributed by atoms with Gasteiger partial charge in [0.05, 0.1) is 13.2 Å².